The minimum Gasteiger partial charge on any atom is -0.423 e. The van der Waals surface area contributed by atoms with Gasteiger partial charge in [-0.25, -0.2) is 0 Å². The van der Waals surface area contributed by atoms with Crippen molar-refractivity contribution in [3.63, 3.8) is 0 Å². The van der Waals surface area contributed by atoms with Gasteiger partial charge in [0, 0.05) is 24.8 Å². The molecule has 4 heteroatoms. The molecule has 0 aliphatic carbocycles. The van der Waals surface area contributed by atoms with Crippen molar-refractivity contribution in [2.45, 2.75) is 19.8 Å². The Hall–Kier alpha value is -1.71. The molecule has 90 valence electrons. The van der Waals surface area contributed by atoms with Crippen LogP contribution in [0.25, 0.3) is 11.1 Å². The zero-order chi connectivity index (χ0) is 11.8. The first-order chi connectivity index (χ1) is 8.22. The highest BCUT2D eigenvalue weighted by molar-refractivity contribution is 5.78. The third-order valence-corrected chi connectivity index (χ3v) is 3.46. The number of hydrogen-bond acceptors (Lipinski definition) is 4. The zero-order valence-electron chi connectivity index (χ0n) is 10.0. The molecule has 4 nitrogen and oxygen atoms in total. The van der Waals surface area contributed by atoms with Crippen LogP contribution in [0.4, 0.5) is 11.7 Å². The van der Waals surface area contributed by atoms with E-state index in [1.165, 1.54) is 12.8 Å². The lowest BCUT2D eigenvalue weighted by molar-refractivity contribution is 0.417. The van der Waals surface area contributed by atoms with E-state index in [-0.39, 0.29) is 0 Å². The molecule has 2 heterocycles. The number of nitrogens with two attached hydrogens (primary N) is 1. The molecule has 0 amide bonds. The van der Waals surface area contributed by atoms with Gasteiger partial charge in [0.15, 0.2) is 5.58 Å². The van der Waals surface area contributed by atoms with Crippen molar-refractivity contribution < 1.29 is 4.42 Å². The van der Waals surface area contributed by atoms with E-state index in [1.807, 2.05) is 18.2 Å². The predicted octanol–water partition coefficient (Wildman–Crippen LogP) is 2.65. The van der Waals surface area contributed by atoms with Gasteiger partial charge < -0.3 is 15.1 Å². The van der Waals surface area contributed by atoms with Gasteiger partial charge in [0.1, 0.15) is 5.52 Å². The van der Waals surface area contributed by atoms with Crippen LogP contribution in [-0.4, -0.2) is 18.1 Å². The molecule has 1 fully saturated rings. The van der Waals surface area contributed by atoms with Crippen LogP contribution < -0.4 is 10.6 Å². The van der Waals surface area contributed by atoms with Gasteiger partial charge in [-0.3, -0.25) is 0 Å². The smallest absolute Gasteiger partial charge is 0.298 e. The van der Waals surface area contributed by atoms with Crippen molar-refractivity contribution in [1.29, 1.82) is 0 Å². The second-order valence-electron chi connectivity index (χ2n) is 4.89. The Morgan fingerprint density at radius 1 is 1.35 bits per heavy atom. The van der Waals surface area contributed by atoms with Crippen LogP contribution in [0.3, 0.4) is 0 Å². The largest absolute Gasteiger partial charge is 0.423 e. The molecule has 1 aromatic heterocycles. The average molecular weight is 231 g/mol. The summed E-state index contributed by atoms with van der Waals surface area (Å²) in [7, 11) is 0. The number of rotatable bonds is 1. The fourth-order valence-corrected chi connectivity index (χ4v) is 2.26. The summed E-state index contributed by atoms with van der Waals surface area (Å²) in [5.74, 6) is 0.811. The summed E-state index contributed by atoms with van der Waals surface area (Å²) in [6.07, 6.45) is 2.42. The summed E-state index contributed by atoms with van der Waals surface area (Å²) in [6.45, 7) is 4.36. The molecule has 0 atom stereocenters. The Balaban J connectivity index is 1.90. The molecule has 2 N–H and O–H groups in total. The molecule has 1 saturated heterocycles. The van der Waals surface area contributed by atoms with Gasteiger partial charge in [-0.2, -0.15) is 4.98 Å². The molecule has 0 saturated carbocycles. The third-order valence-electron chi connectivity index (χ3n) is 3.46. The number of anilines is 2. The van der Waals surface area contributed by atoms with Crippen LogP contribution in [0.2, 0.25) is 0 Å². The van der Waals surface area contributed by atoms with E-state index in [1.54, 1.807) is 0 Å². The van der Waals surface area contributed by atoms with Gasteiger partial charge in [-0.05, 0) is 30.9 Å². The molecular weight excluding hydrogens is 214 g/mol. The van der Waals surface area contributed by atoms with Crippen molar-refractivity contribution in [2.75, 3.05) is 23.7 Å². The standard InChI is InChI=1S/C13H17N3O/c1-9-4-6-16(7-5-9)13-15-11-3-2-10(14)8-12(11)17-13/h2-3,8-9H,4-7,14H2,1H3. The highest BCUT2D eigenvalue weighted by atomic mass is 16.4. The molecule has 1 aliphatic rings. The summed E-state index contributed by atoms with van der Waals surface area (Å²) < 4.78 is 5.76. The van der Waals surface area contributed by atoms with Crippen LogP contribution in [0.15, 0.2) is 22.6 Å². The Kier molecular flexibility index (Phi) is 2.42. The first kappa shape index (κ1) is 10.4. The minimum atomic E-state index is 0.715. The van der Waals surface area contributed by atoms with Crippen LogP contribution in [0.5, 0.6) is 0 Å². The Morgan fingerprint density at radius 2 is 2.12 bits per heavy atom. The van der Waals surface area contributed by atoms with Crippen molar-refractivity contribution in [3.8, 4) is 0 Å². The highest BCUT2D eigenvalue weighted by Crippen LogP contribution is 2.27. The zero-order valence-corrected chi connectivity index (χ0v) is 10.0. The highest BCUT2D eigenvalue weighted by Gasteiger charge is 2.20. The minimum absolute atomic E-state index is 0.715. The van der Waals surface area contributed by atoms with E-state index in [0.29, 0.717) is 5.69 Å². The maximum atomic E-state index is 5.76. The van der Waals surface area contributed by atoms with Gasteiger partial charge in [0.05, 0.1) is 0 Å². The maximum absolute atomic E-state index is 5.76. The SMILES string of the molecule is CC1CCN(c2nc3ccc(N)cc3o2)CC1. The fraction of sp³-hybridized carbons (Fsp3) is 0.462. The summed E-state index contributed by atoms with van der Waals surface area (Å²) in [4.78, 5) is 6.72. The van der Waals surface area contributed by atoms with E-state index >= 15 is 0 Å². The molecule has 0 radical (unpaired) electrons. The number of aromatic nitrogens is 1. The predicted molar refractivity (Wildman–Crippen MR) is 69.0 cm³/mol. The van der Waals surface area contributed by atoms with E-state index < -0.39 is 0 Å². The third kappa shape index (κ3) is 1.95. The molecule has 17 heavy (non-hydrogen) atoms. The van der Waals surface area contributed by atoms with Crippen molar-refractivity contribution in [2.24, 2.45) is 5.92 Å². The van der Waals surface area contributed by atoms with Gasteiger partial charge in [0.25, 0.3) is 6.01 Å². The number of benzene rings is 1. The number of piperidine rings is 1. The van der Waals surface area contributed by atoms with Gasteiger partial charge in [-0.1, -0.05) is 6.92 Å². The molecule has 2 aromatic rings. The number of nitrogen functional groups attached to an aromatic ring is 1. The molecule has 3 rings (SSSR count). The van der Waals surface area contributed by atoms with E-state index in [2.05, 4.69) is 16.8 Å². The van der Waals surface area contributed by atoms with Gasteiger partial charge in [0.2, 0.25) is 0 Å². The van der Waals surface area contributed by atoms with Crippen LogP contribution in [-0.2, 0) is 0 Å². The van der Waals surface area contributed by atoms with Crippen molar-refractivity contribution in [1.82, 2.24) is 4.98 Å². The normalized spacial score (nSPS) is 17.8. The average Bonchev–Trinajstić information content (AvgIpc) is 2.72. The Bertz CT molecular complexity index is 526. The quantitative estimate of drug-likeness (QED) is 0.766. The van der Waals surface area contributed by atoms with Crippen molar-refractivity contribution in [3.05, 3.63) is 18.2 Å². The second kappa shape index (κ2) is 3.95. The maximum Gasteiger partial charge on any atom is 0.298 e. The van der Waals surface area contributed by atoms with Crippen LogP contribution in [0, 0.1) is 5.92 Å². The lowest BCUT2D eigenvalue weighted by atomic mass is 10.00. The molecular formula is C13H17N3O. The summed E-state index contributed by atoms with van der Waals surface area (Å²) in [5, 5.41) is 0. The monoisotopic (exact) mass is 231 g/mol. The number of hydrogen-bond donors (Lipinski definition) is 1. The van der Waals surface area contributed by atoms with Crippen LogP contribution in [0.1, 0.15) is 19.8 Å². The van der Waals surface area contributed by atoms with Crippen LogP contribution >= 0.6 is 0 Å². The van der Waals surface area contributed by atoms with E-state index in [9.17, 15) is 0 Å². The molecule has 0 spiro atoms. The van der Waals surface area contributed by atoms with Crippen molar-refractivity contribution >= 4 is 22.8 Å². The van der Waals surface area contributed by atoms with E-state index in [4.69, 9.17) is 10.2 Å². The molecule has 1 aliphatic heterocycles. The lowest BCUT2D eigenvalue weighted by Crippen LogP contribution is -2.32. The number of nitrogens with zero attached hydrogens (tertiary/aromatic N) is 2. The topological polar surface area (TPSA) is 55.3 Å². The fourth-order valence-electron chi connectivity index (χ4n) is 2.26. The summed E-state index contributed by atoms with van der Waals surface area (Å²) >= 11 is 0. The van der Waals surface area contributed by atoms with Gasteiger partial charge >= 0.3 is 0 Å². The first-order valence-electron chi connectivity index (χ1n) is 6.13. The lowest BCUT2D eigenvalue weighted by Gasteiger charge is -2.28. The molecule has 0 unspecified atom stereocenters. The molecule has 0 bridgehead atoms. The van der Waals surface area contributed by atoms with Gasteiger partial charge in [-0.15, -0.1) is 0 Å². The molecule has 1 aromatic carbocycles. The summed E-state index contributed by atoms with van der Waals surface area (Å²) in [5.41, 5.74) is 8.10. The van der Waals surface area contributed by atoms with E-state index in [0.717, 1.165) is 36.1 Å². The summed E-state index contributed by atoms with van der Waals surface area (Å²) in [6, 6.07) is 6.33. The second-order valence-corrected chi connectivity index (χ2v) is 4.89. The Morgan fingerprint density at radius 3 is 2.88 bits per heavy atom. The number of oxazole rings is 1. The first-order valence-corrected chi connectivity index (χ1v) is 6.13. The Labute approximate surface area is 100 Å². The number of fused-ring (bicyclic) bond motifs is 1.